The Labute approximate surface area is 254 Å². The quantitative estimate of drug-likeness (QED) is 0.217. The lowest BCUT2D eigenvalue weighted by molar-refractivity contribution is 0.222. The summed E-state index contributed by atoms with van der Waals surface area (Å²) >= 11 is 6.50. The van der Waals surface area contributed by atoms with E-state index in [1.54, 1.807) is 46.9 Å². The fraction of sp³-hybridized carbons (Fsp3) is 0.188. The van der Waals surface area contributed by atoms with Gasteiger partial charge in [-0.15, -0.1) is 0 Å². The number of halogens is 2. The molecule has 8 nitrogen and oxygen atoms in total. The maximum absolute atomic E-state index is 13.5. The third-order valence-corrected chi connectivity index (χ3v) is 9.63. The highest BCUT2D eigenvalue weighted by Gasteiger charge is 2.27. The van der Waals surface area contributed by atoms with Crippen molar-refractivity contribution in [2.45, 2.75) is 11.5 Å². The fourth-order valence-electron chi connectivity index (χ4n) is 4.97. The summed E-state index contributed by atoms with van der Waals surface area (Å²) in [6.45, 7) is 2.59. The van der Waals surface area contributed by atoms with Gasteiger partial charge >= 0.3 is 0 Å². The van der Waals surface area contributed by atoms with E-state index in [4.69, 9.17) is 16.3 Å². The van der Waals surface area contributed by atoms with Gasteiger partial charge in [0, 0.05) is 37.3 Å². The monoisotopic (exact) mass is 617 g/mol. The van der Waals surface area contributed by atoms with Crippen LogP contribution in [0.1, 0.15) is 5.56 Å². The molecular formula is C32H29ClFN5O3S. The summed E-state index contributed by atoms with van der Waals surface area (Å²) in [5.41, 5.74) is 4.64. The van der Waals surface area contributed by atoms with Crippen molar-refractivity contribution < 1.29 is 17.5 Å². The van der Waals surface area contributed by atoms with E-state index in [2.05, 4.69) is 20.4 Å². The van der Waals surface area contributed by atoms with E-state index >= 15 is 0 Å². The molecule has 1 aliphatic heterocycles. The van der Waals surface area contributed by atoms with E-state index in [9.17, 15) is 12.8 Å². The summed E-state index contributed by atoms with van der Waals surface area (Å²) in [5.74, 6) is 0.161. The third kappa shape index (κ3) is 6.47. The van der Waals surface area contributed by atoms with E-state index in [0.29, 0.717) is 48.0 Å². The average molecular weight is 618 g/mol. The zero-order chi connectivity index (χ0) is 30.0. The Morgan fingerprint density at radius 1 is 0.930 bits per heavy atom. The smallest absolute Gasteiger partial charge is 0.243 e. The van der Waals surface area contributed by atoms with Gasteiger partial charge in [-0.2, -0.15) is 14.5 Å². The van der Waals surface area contributed by atoms with E-state index in [1.807, 2.05) is 43.4 Å². The van der Waals surface area contributed by atoms with Gasteiger partial charge in [-0.05, 0) is 78.3 Å². The van der Waals surface area contributed by atoms with Crippen LogP contribution in [0.3, 0.4) is 0 Å². The first-order valence-electron chi connectivity index (χ1n) is 13.7. The van der Waals surface area contributed by atoms with Gasteiger partial charge in [-0.3, -0.25) is 0 Å². The lowest BCUT2D eigenvalue weighted by Crippen LogP contribution is -2.46. The number of piperazine rings is 1. The largest absolute Gasteiger partial charge is 0.487 e. The number of nitrogens with one attached hydrogen (secondary N) is 1. The molecule has 0 saturated carbocycles. The van der Waals surface area contributed by atoms with Crippen LogP contribution in [0.15, 0.2) is 96.0 Å². The molecule has 5 aromatic rings. The Kier molecular flexibility index (Phi) is 8.27. The van der Waals surface area contributed by atoms with Crippen molar-refractivity contribution in [3.63, 3.8) is 0 Å². The summed E-state index contributed by atoms with van der Waals surface area (Å²) in [7, 11) is -1.55. The number of anilines is 2. The van der Waals surface area contributed by atoms with E-state index < -0.39 is 10.0 Å². The van der Waals surface area contributed by atoms with Crippen LogP contribution in [0, 0.1) is 5.82 Å². The Hall–Kier alpha value is -4.09. The van der Waals surface area contributed by atoms with Crippen LogP contribution in [0.25, 0.3) is 22.0 Å². The van der Waals surface area contributed by atoms with Crippen molar-refractivity contribution in [1.29, 1.82) is 0 Å². The molecule has 0 bridgehead atoms. The lowest BCUT2D eigenvalue weighted by atomic mass is 10.0. The Morgan fingerprint density at radius 2 is 1.70 bits per heavy atom. The number of fused-ring (bicyclic) bond motifs is 1. The van der Waals surface area contributed by atoms with E-state index in [1.165, 1.54) is 12.1 Å². The van der Waals surface area contributed by atoms with Gasteiger partial charge in [0.05, 0.1) is 27.3 Å². The summed E-state index contributed by atoms with van der Waals surface area (Å²) < 4.78 is 47.1. The average Bonchev–Trinajstić information content (AvgIpc) is 3.01. The molecule has 1 aromatic heterocycles. The highest BCUT2D eigenvalue weighted by atomic mass is 35.5. The van der Waals surface area contributed by atoms with Crippen LogP contribution in [0.4, 0.5) is 15.8 Å². The van der Waals surface area contributed by atoms with Gasteiger partial charge in [0.25, 0.3) is 0 Å². The molecule has 0 unspecified atom stereocenters. The summed E-state index contributed by atoms with van der Waals surface area (Å²) in [6, 6.07) is 24.4. The summed E-state index contributed by atoms with van der Waals surface area (Å²) in [4.78, 5) is 2.41. The molecular weight excluding hydrogens is 589 g/mol. The third-order valence-electron chi connectivity index (χ3n) is 7.42. The number of likely N-dealkylation sites (N-methyl/N-ethyl adjacent to an activating group) is 1. The number of aromatic nitrogens is 2. The standard InChI is InChI=1S/C32H29ClFN5O3S/c1-38-13-15-39(16-14-38)43(40,41)27-9-5-23(6-10-27)24-7-11-30-28(18-24)31(20-35-37-30)36-26-8-12-32(29(33)19-26)42-21-22-3-2-4-25(34)17-22/h2-12,17-20H,13-16,21H2,1H3,(H,36,37). The minimum Gasteiger partial charge on any atom is -0.487 e. The number of rotatable bonds is 8. The molecule has 6 rings (SSSR count). The molecule has 0 radical (unpaired) electrons. The normalized spacial score (nSPS) is 14.6. The van der Waals surface area contributed by atoms with Crippen molar-refractivity contribution >= 4 is 43.9 Å². The highest BCUT2D eigenvalue weighted by Crippen LogP contribution is 2.33. The molecule has 43 heavy (non-hydrogen) atoms. The van der Waals surface area contributed by atoms with Crippen molar-refractivity contribution in [2.24, 2.45) is 0 Å². The van der Waals surface area contributed by atoms with Crippen LogP contribution in [-0.2, 0) is 16.6 Å². The first-order chi connectivity index (χ1) is 20.8. The fourth-order valence-corrected chi connectivity index (χ4v) is 6.63. The highest BCUT2D eigenvalue weighted by molar-refractivity contribution is 7.89. The van der Waals surface area contributed by atoms with Crippen LogP contribution in [-0.4, -0.2) is 61.0 Å². The zero-order valence-corrected chi connectivity index (χ0v) is 24.9. The number of hydrogen-bond donors (Lipinski definition) is 1. The Bertz CT molecular complexity index is 1880. The number of nitrogens with zero attached hydrogens (tertiary/aromatic N) is 4. The Balaban J connectivity index is 1.20. The molecule has 2 heterocycles. The number of ether oxygens (including phenoxy) is 1. The molecule has 11 heteroatoms. The topological polar surface area (TPSA) is 87.7 Å². The predicted molar refractivity (Wildman–Crippen MR) is 167 cm³/mol. The summed E-state index contributed by atoms with van der Waals surface area (Å²) in [6.07, 6.45) is 1.64. The van der Waals surface area contributed by atoms with Crippen LogP contribution in [0.5, 0.6) is 5.75 Å². The van der Waals surface area contributed by atoms with Crippen molar-refractivity contribution in [1.82, 2.24) is 19.4 Å². The maximum Gasteiger partial charge on any atom is 0.243 e. The van der Waals surface area contributed by atoms with Gasteiger partial charge in [-0.1, -0.05) is 41.9 Å². The molecule has 1 fully saturated rings. The minimum atomic E-state index is -3.54. The molecule has 0 amide bonds. The molecule has 1 aliphatic rings. The zero-order valence-electron chi connectivity index (χ0n) is 23.4. The van der Waals surface area contributed by atoms with Crippen molar-refractivity contribution in [2.75, 3.05) is 38.5 Å². The molecule has 0 atom stereocenters. The molecule has 1 saturated heterocycles. The number of sulfonamides is 1. The van der Waals surface area contributed by atoms with Gasteiger partial charge in [0.2, 0.25) is 10.0 Å². The number of hydrogen-bond acceptors (Lipinski definition) is 7. The maximum atomic E-state index is 13.5. The molecule has 0 aliphatic carbocycles. The number of benzene rings is 4. The minimum absolute atomic E-state index is 0.189. The van der Waals surface area contributed by atoms with E-state index in [-0.39, 0.29) is 17.3 Å². The second-order valence-electron chi connectivity index (χ2n) is 10.4. The van der Waals surface area contributed by atoms with Crippen molar-refractivity contribution in [3.05, 3.63) is 108 Å². The molecule has 4 aromatic carbocycles. The van der Waals surface area contributed by atoms with Crippen LogP contribution in [0.2, 0.25) is 5.02 Å². The molecule has 0 spiro atoms. The van der Waals surface area contributed by atoms with E-state index in [0.717, 1.165) is 27.9 Å². The first kappa shape index (κ1) is 29.0. The van der Waals surface area contributed by atoms with Gasteiger partial charge in [0.15, 0.2) is 0 Å². The van der Waals surface area contributed by atoms with Gasteiger partial charge in [0.1, 0.15) is 18.2 Å². The Morgan fingerprint density at radius 3 is 2.44 bits per heavy atom. The molecule has 1 N–H and O–H groups in total. The first-order valence-corrected chi connectivity index (χ1v) is 15.6. The van der Waals surface area contributed by atoms with Crippen LogP contribution >= 0.6 is 11.6 Å². The lowest BCUT2D eigenvalue weighted by Gasteiger charge is -2.31. The van der Waals surface area contributed by atoms with Gasteiger partial charge < -0.3 is 15.0 Å². The predicted octanol–water partition coefficient (Wildman–Crippen LogP) is 6.35. The summed E-state index contributed by atoms with van der Waals surface area (Å²) in [5, 5.41) is 13.0. The second kappa shape index (κ2) is 12.3. The molecule has 220 valence electrons. The SMILES string of the molecule is CN1CCN(S(=O)(=O)c2ccc(-c3ccc4nncc(Nc5ccc(OCc6cccc(F)c6)c(Cl)c5)c4c3)cc2)CC1. The van der Waals surface area contributed by atoms with Gasteiger partial charge in [-0.25, -0.2) is 12.8 Å². The van der Waals surface area contributed by atoms with Crippen molar-refractivity contribution in [3.8, 4) is 16.9 Å². The second-order valence-corrected chi connectivity index (χ2v) is 12.8. The van der Waals surface area contributed by atoms with Crippen LogP contribution < -0.4 is 10.1 Å².